The molecular weight excluding hydrogens is 294 g/mol. The number of hydrogen-bond donors (Lipinski definition) is 1. The first-order valence-electron chi connectivity index (χ1n) is 4.66. The number of aromatic nitrogens is 2. The smallest absolute Gasteiger partial charge is 0.203 e. The van der Waals surface area contributed by atoms with Gasteiger partial charge >= 0.3 is 0 Å². The van der Waals surface area contributed by atoms with E-state index >= 15 is 0 Å². The average molecular weight is 302 g/mol. The van der Waals surface area contributed by atoms with Crippen molar-refractivity contribution < 1.29 is 0 Å². The summed E-state index contributed by atoms with van der Waals surface area (Å²) in [4.78, 5) is 5.57. The molecule has 1 saturated carbocycles. The summed E-state index contributed by atoms with van der Waals surface area (Å²) < 4.78 is 5.43. The minimum absolute atomic E-state index is 0.640. The quantitative estimate of drug-likeness (QED) is 0.941. The molecule has 0 amide bonds. The van der Waals surface area contributed by atoms with E-state index in [0.29, 0.717) is 6.04 Å². The van der Waals surface area contributed by atoms with Crippen molar-refractivity contribution in [3.8, 4) is 10.7 Å². The lowest BCUT2D eigenvalue weighted by atomic mass is 10.4. The van der Waals surface area contributed by atoms with Crippen LogP contribution in [-0.4, -0.2) is 15.4 Å². The third kappa shape index (κ3) is 2.21. The van der Waals surface area contributed by atoms with Crippen molar-refractivity contribution in [1.82, 2.24) is 9.36 Å². The van der Waals surface area contributed by atoms with Crippen LogP contribution in [0.5, 0.6) is 0 Å². The molecule has 1 aliphatic rings. The van der Waals surface area contributed by atoms with Gasteiger partial charge in [-0.05, 0) is 34.8 Å². The van der Waals surface area contributed by atoms with Gasteiger partial charge in [0.2, 0.25) is 5.13 Å². The Bertz CT molecular complexity index is 475. The highest BCUT2D eigenvalue weighted by Gasteiger charge is 2.22. The van der Waals surface area contributed by atoms with Crippen molar-refractivity contribution in [2.75, 3.05) is 5.32 Å². The maximum atomic E-state index is 4.46. The standard InChI is InChI=1S/C9H8BrN3S2/c10-5-3-7(14-4-5)8-12-9(15-13-8)11-6-1-2-6/h3-4,6H,1-2H2,(H,11,12,13). The second-order valence-electron chi connectivity index (χ2n) is 3.47. The first-order valence-corrected chi connectivity index (χ1v) is 7.10. The zero-order chi connectivity index (χ0) is 10.3. The lowest BCUT2D eigenvalue weighted by Gasteiger charge is -1.94. The van der Waals surface area contributed by atoms with Crippen LogP contribution in [0, 0.1) is 0 Å². The van der Waals surface area contributed by atoms with Crippen molar-refractivity contribution in [2.24, 2.45) is 0 Å². The Kier molecular flexibility index (Phi) is 2.50. The van der Waals surface area contributed by atoms with Crippen LogP contribution in [0.4, 0.5) is 5.13 Å². The number of nitrogens with zero attached hydrogens (tertiary/aromatic N) is 2. The maximum absolute atomic E-state index is 4.46. The summed E-state index contributed by atoms with van der Waals surface area (Å²) in [5.41, 5.74) is 0. The van der Waals surface area contributed by atoms with Crippen molar-refractivity contribution >= 4 is 43.9 Å². The third-order valence-electron chi connectivity index (χ3n) is 2.12. The largest absolute Gasteiger partial charge is 0.358 e. The fourth-order valence-electron chi connectivity index (χ4n) is 1.21. The van der Waals surface area contributed by atoms with Gasteiger partial charge in [-0.3, -0.25) is 0 Å². The number of anilines is 1. The highest BCUT2D eigenvalue weighted by atomic mass is 79.9. The average Bonchev–Trinajstić information content (AvgIpc) is 2.74. The van der Waals surface area contributed by atoms with Gasteiger partial charge in [0.25, 0.3) is 0 Å². The summed E-state index contributed by atoms with van der Waals surface area (Å²) in [5, 5.41) is 6.34. The van der Waals surface area contributed by atoms with Crippen LogP contribution < -0.4 is 5.32 Å². The minimum atomic E-state index is 0.640. The highest BCUT2D eigenvalue weighted by molar-refractivity contribution is 9.10. The molecule has 2 aromatic heterocycles. The van der Waals surface area contributed by atoms with Gasteiger partial charge in [0.05, 0.1) is 4.88 Å². The molecule has 2 aromatic rings. The predicted octanol–water partition coefficient (Wildman–Crippen LogP) is 3.60. The molecule has 0 aliphatic heterocycles. The van der Waals surface area contributed by atoms with E-state index in [1.807, 2.05) is 11.4 Å². The summed E-state index contributed by atoms with van der Waals surface area (Å²) in [5.74, 6) is 0.832. The molecule has 15 heavy (non-hydrogen) atoms. The van der Waals surface area contributed by atoms with E-state index in [0.717, 1.165) is 20.3 Å². The fraction of sp³-hybridized carbons (Fsp3) is 0.333. The Labute approximate surface area is 104 Å². The van der Waals surface area contributed by atoms with Crippen molar-refractivity contribution in [1.29, 1.82) is 0 Å². The number of halogens is 1. The molecule has 0 unspecified atom stereocenters. The van der Waals surface area contributed by atoms with Crippen LogP contribution in [0.15, 0.2) is 15.9 Å². The van der Waals surface area contributed by atoms with Crippen LogP contribution in [0.1, 0.15) is 12.8 Å². The van der Waals surface area contributed by atoms with E-state index in [-0.39, 0.29) is 0 Å². The first-order chi connectivity index (χ1) is 7.31. The zero-order valence-corrected chi connectivity index (χ0v) is 11.0. The fourth-order valence-corrected chi connectivity index (χ4v) is 3.29. The number of thiophene rings is 1. The molecule has 78 valence electrons. The van der Waals surface area contributed by atoms with E-state index in [2.05, 4.69) is 30.6 Å². The van der Waals surface area contributed by atoms with E-state index in [1.54, 1.807) is 11.3 Å². The predicted molar refractivity (Wildman–Crippen MR) is 67.6 cm³/mol. The Morgan fingerprint density at radius 1 is 1.47 bits per heavy atom. The number of rotatable bonds is 3. The van der Waals surface area contributed by atoms with Crippen molar-refractivity contribution in [3.05, 3.63) is 15.9 Å². The monoisotopic (exact) mass is 301 g/mol. The van der Waals surface area contributed by atoms with Crippen LogP contribution in [0.25, 0.3) is 10.7 Å². The van der Waals surface area contributed by atoms with Gasteiger partial charge in [0.15, 0.2) is 5.82 Å². The van der Waals surface area contributed by atoms with Crippen molar-refractivity contribution in [3.63, 3.8) is 0 Å². The minimum Gasteiger partial charge on any atom is -0.358 e. The molecule has 0 spiro atoms. The molecule has 0 atom stereocenters. The number of hydrogen-bond acceptors (Lipinski definition) is 5. The molecule has 0 aromatic carbocycles. The lowest BCUT2D eigenvalue weighted by Crippen LogP contribution is -1.99. The topological polar surface area (TPSA) is 37.8 Å². The third-order valence-corrected chi connectivity index (χ3v) is 4.45. The maximum Gasteiger partial charge on any atom is 0.203 e. The molecule has 0 saturated heterocycles. The SMILES string of the molecule is Brc1csc(-c2nsc(NC3CC3)n2)c1. The molecule has 3 rings (SSSR count). The summed E-state index contributed by atoms with van der Waals surface area (Å²) in [6.07, 6.45) is 2.53. The number of nitrogens with one attached hydrogen (secondary N) is 1. The first kappa shape index (κ1) is 9.74. The Morgan fingerprint density at radius 3 is 3.00 bits per heavy atom. The molecule has 1 fully saturated rings. The summed E-state index contributed by atoms with van der Waals surface area (Å²) in [7, 11) is 0. The van der Waals surface area contributed by atoms with Gasteiger partial charge in [-0.1, -0.05) is 0 Å². The van der Waals surface area contributed by atoms with Gasteiger partial charge < -0.3 is 5.32 Å². The van der Waals surface area contributed by atoms with E-state index in [1.165, 1.54) is 24.4 Å². The van der Waals surface area contributed by atoms with Gasteiger partial charge in [-0.25, -0.2) is 0 Å². The Balaban J connectivity index is 1.82. The van der Waals surface area contributed by atoms with Crippen molar-refractivity contribution in [2.45, 2.75) is 18.9 Å². The van der Waals surface area contributed by atoms with Crippen LogP contribution >= 0.6 is 38.8 Å². The second kappa shape index (κ2) is 3.84. The molecule has 2 heterocycles. The van der Waals surface area contributed by atoms with Crippen LogP contribution in [0.3, 0.4) is 0 Å². The summed E-state index contributed by atoms with van der Waals surface area (Å²) >= 11 is 6.53. The van der Waals surface area contributed by atoms with Crippen LogP contribution in [0.2, 0.25) is 0 Å². The van der Waals surface area contributed by atoms with Gasteiger partial charge in [-0.15, -0.1) is 11.3 Å². The molecule has 0 bridgehead atoms. The molecule has 0 radical (unpaired) electrons. The molecule has 3 nitrogen and oxygen atoms in total. The normalized spacial score (nSPS) is 15.5. The van der Waals surface area contributed by atoms with E-state index < -0.39 is 0 Å². The van der Waals surface area contributed by atoms with Gasteiger partial charge in [0, 0.05) is 27.4 Å². The molecular formula is C9H8BrN3S2. The summed E-state index contributed by atoms with van der Waals surface area (Å²) in [6, 6.07) is 2.69. The summed E-state index contributed by atoms with van der Waals surface area (Å²) in [6.45, 7) is 0. The van der Waals surface area contributed by atoms with Crippen LogP contribution in [-0.2, 0) is 0 Å². The van der Waals surface area contributed by atoms with E-state index in [4.69, 9.17) is 0 Å². The molecule has 6 heteroatoms. The van der Waals surface area contributed by atoms with Gasteiger partial charge in [0.1, 0.15) is 0 Å². The van der Waals surface area contributed by atoms with E-state index in [9.17, 15) is 0 Å². The highest BCUT2D eigenvalue weighted by Crippen LogP contribution is 2.31. The lowest BCUT2D eigenvalue weighted by molar-refractivity contribution is 1.14. The molecule has 1 aliphatic carbocycles. The zero-order valence-electron chi connectivity index (χ0n) is 7.74. The Hall–Kier alpha value is -0.460. The molecule has 1 N–H and O–H groups in total. The Morgan fingerprint density at radius 2 is 2.33 bits per heavy atom. The second-order valence-corrected chi connectivity index (χ2v) is 6.05. The van der Waals surface area contributed by atoms with Gasteiger partial charge in [-0.2, -0.15) is 9.36 Å².